The molecule has 0 unspecified atom stereocenters. The number of aliphatic hydroxyl groups excluding tert-OH is 2. The molecule has 4 heteroatoms. The van der Waals surface area contributed by atoms with Gasteiger partial charge in [-0.05, 0) is 85.3 Å². The number of benzene rings is 2. The first kappa shape index (κ1) is 28.4. The normalized spacial score (nSPS) is 14.2. The van der Waals surface area contributed by atoms with Crippen LogP contribution in [0.2, 0.25) is 0 Å². The molecule has 0 aliphatic rings. The Morgan fingerprint density at radius 3 is 2.03 bits per heavy atom. The van der Waals surface area contributed by atoms with E-state index >= 15 is 0 Å². The van der Waals surface area contributed by atoms with Crippen molar-refractivity contribution in [2.24, 2.45) is 11.1 Å². The van der Waals surface area contributed by atoms with Gasteiger partial charge in [0.05, 0.1) is 6.10 Å². The summed E-state index contributed by atoms with van der Waals surface area (Å²) < 4.78 is 5.94. The fourth-order valence-corrected chi connectivity index (χ4v) is 5.14. The third-order valence-electron chi connectivity index (χ3n) is 7.72. The quantitative estimate of drug-likeness (QED) is 0.345. The summed E-state index contributed by atoms with van der Waals surface area (Å²) in [6.07, 6.45) is 3.87. The van der Waals surface area contributed by atoms with Gasteiger partial charge in [-0.15, -0.1) is 0 Å². The molecule has 0 radical (unpaired) electrons. The molecule has 0 heterocycles. The molecule has 4 nitrogen and oxygen atoms in total. The second kappa shape index (κ2) is 12.2. The van der Waals surface area contributed by atoms with Crippen LogP contribution in [0.25, 0.3) is 0 Å². The molecular weight excluding hydrogens is 422 g/mol. The largest absolute Gasteiger partial charge is 0.492 e. The number of hydrogen-bond donors (Lipinski definition) is 3. The third kappa shape index (κ3) is 6.41. The zero-order valence-electron chi connectivity index (χ0n) is 22.4. The van der Waals surface area contributed by atoms with E-state index in [1.807, 2.05) is 6.92 Å². The van der Waals surface area contributed by atoms with Crippen molar-refractivity contribution in [1.82, 2.24) is 0 Å². The molecule has 0 aliphatic heterocycles. The summed E-state index contributed by atoms with van der Waals surface area (Å²) in [5, 5.41) is 19.5. The Balaban J connectivity index is 2.35. The molecule has 0 amide bonds. The van der Waals surface area contributed by atoms with E-state index in [1.165, 1.54) is 22.3 Å². The molecule has 0 spiro atoms. The van der Waals surface area contributed by atoms with Crippen molar-refractivity contribution in [1.29, 1.82) is 0 Å². The minimum Gasteiger partial charge on any atom is -0.492 e. The second-order valence-corrected chi connectivity index (χ2v) is 10.6. The fourth-order valence-electron chi connectivity index (χ4n) is 5.14. The average Bonchev–Trinajstić information content (AvgIpc) is 2.80. The third-order valence-corrected chi connectivity index (χ3v) is 7.72. The van der Waals surface area contributed by atoms with Crippen LogP contribution in [0.1, 0.15) is 88.1 Å². The highest BCUT2D eigenvalue weighted by Gasteiger charge is 2.32. The molecule has 2 aromatic carbocycles. The number of aryl methyl sites for hydroxylation is 2. The molecule has 0 bridgehead atoms. The second-order valence-electron chi connectivity index (χ2n) is 10.6. The molecule has 2 rings (SSSR count). The zero-order chi connectivity index (χ0) is 25.5. The van der Waals surface area contributed by atoms with Gasteiger partial charge in [0.1, 0.15) is 12.4 Å². The van der Waals surface area contributed by atoms with Crippen molar-refractivity contribution in [2.75, 3.05) is 13.2 Å². The molecule has 0 aliphatic carbocycles. The maximum absolute atomic E-state index is 10.5. The molecule has 0 saturated carbocycles. The van der Waals surface area contributed by atoms with Crippen molar-refractivity contribution in [2.45, 2.75) is 98.1 Å². The minimum absolute atomic E-state index is 0.0711. The Morgan fingerprint density at radius 1 is 0.941 bits per heavy atom. The smallest absolute Gasteiger partial charge is 0.122 e. The molecule has 4 N–H and O–H groups in total. The number of hydrogen-bond acceptors (Lipinski definition) is 4. The van der Waals surface area contributed by atoms with Crippen LogP contribution in [0.4, 0.5) is 0 Å². The Labute approximate surface area is 207 Å². The zero-order valence-corrected chi connectivity index (χ0v) is 22.4. The van der Waals surface area contributed by atoms with Gasteiger partial charge in [-0.3, -0.25) is 0 Å². The van der Waals surface area contributed by atoms with Crippen LogP contribution in [-0.2, 0) is 11.8 Å². The van der Waals surface area contributed by atoms with Crippen molar-refractivity contribution >= 4 is 0 Å². The molecular formula is C30H47NO3. The van der Waals surface area contributed by atoms with Crippen LogP contribution in [-0.4, -0.2) is 35.6 Å². The van der Waals surface area contributed by atoms with Crippen LogP contribution in [0.5, 0.6) is 5.75 Å². The Bertz CT molecular complexity index is 917. The predicted molar refractivity (Wildman–Crippen MR) is 143 cm³/mol. The molecule has 34 heavy (non-hydrogen) atoms. The molecule has 0 fully saturated rings. The van der Waals surface area contributed by atoms with E-state index in [2.05, 4.69) is 77.9 Å². The highest BCUT2D eigenvalue weighted by molar-refractivity contribution is 5.47. The highest BCUT2D eigenvalue weighted by Crippen LogP contribution is 2.41. The van der Waals surface area contributed by atoms with E-state index < -0.39 is 0 Å². The fraction of sp³-hybridized carbons (Fsp3) is 0.600. The van der Waals surface area contributed by atoms with Gasteiger partial charge in [-0.2, -0.15) is 0 Å². The average molecular weight is 470 g/mol. The van der Waals surface area contributed by atoms with E-state index in [9.17, 15) is 5.11 Å². The SMILES string of the molecule is CC[C@@H](O)C(C)(C)Cc1ccc(C(CC)(CC)c2ccc(OC[C@@H](N)CCO)c(C)c2)cc1C. The summed E-state index contributed by atoms with van der Waals surface area (Å²) in [6.45, 7) is 15.6. The molecule has 2 atom stereocenters. The van der Waals surface area contributed by atoms with Crippen LogP contribution >= 0.6 is 0 Å². The molecule has 2 aromatic rings. The first-order valence-corrected chi connectivity index (χ1v) is 12.9. The Kier molecular flexibility index (Phi) is 10.2. The number of ether oxygens (including phenoxy) is 1. The van der Waals surface area contributed by atoms with Crippen molar-refractivity contribution in [3.63, 3.8) is 0 Å². The lowest BCUT2D eigenvalue weighted by molar-refractivity contribution is 0.0473. The van der Waals surface area contributed by atoms with Crippen molar-refractivity contribution in [3.05, 3.63) is 64.2 Å². The minimum atomic E-state index is -0.307. The van der Waals surface area contributed by atoms with Crippen LogP contribution in [0.3, 0.4) is 0 Å². The summed E-state index contributed by atoms with van der Waals surface area (Å²) in [6, 6.07) is 13.2. The lowest BCUT2D eigenvalue weighted by atomic mass is 9.69. The molecule has 0 aromatic heterocycles. The van der Waals surface area contributed by atoms with E-state index in [4.69, 9.17) is 15.6 Å². The summed E-state index contributed by atoms with van der Waals surface area (Å²) >= 11 is 0. The van der Waals surface area contributed by atoms with Crippen molar-refractivity contribution < 1.29 is 14.9 Å². The van der Waals surface area contributed by atoms with Crippen LogP contribution in [0.15, 0.2) is 36.4 Å². The van der Waals surface area contributed by atoms with E-state index in [0.717, 1.165) is 37.0 Å². The standard InChI is InChI=1S/C30H47NO3/c1-8-28(33)29(6,7)19-23-11-12-24(17-21(23)4)30(9-2,10-3)25-13-14-27(22(5)18-25)34-20-26(31)15-16-32/h11-14,17-18,26,28,32-33H,8-10,15-16,19-20,31H2,1-7H3/t26-,28+/m0/s1. The van der Waals surface area contributed by atoms with E-state index in [0.29, 0.717) is 13.0 Å². The predicted octanol–water partition coefficient (Wildman–Crippen LogP) is 5.84. The highest BCUT2D eigenvalue weighted by atomic mass is 16.5. The van der Waals surface area contributed by atoms with Crippen molar-refractivity contribution in [3.8, 4) is 5.75 Å². The van der Waals surface area contributed by atoms with Gasteiger partial charge in [-0.1, -0.05) is 65.0 Å². The van der Waals surface area contributed by atoms with E-state index in [-0.39, 0.29) is 29.6 Å². The topological polar surface area (TPSA) is 75.7 Å². The summed E-state index contributed by atoms with van der Waals surface area (Å²) in [5.41, 5.74) is 12.1. The summed E-state index contributed by atoms with van der Waals surface area (Å²) in [5.74, 6) is 0.849. The lowest BCUT2D eigenvalue weighted by Gasteiger charge is -2.35. The first-order chi connectivity index (χ1) is 16.0. The lowest BCUT2D eigenvalue weighted by Crippen LogP contribution is -2.31. The van der Waals surface area contributed by atoms with Gasteiger partial charge in [0, 0.05) is 18.1 Å². The van der Waals surface area contributed by atoms with Gasteiger partial charge in [-0.25, -0.2) is 0 Å². The molecule has 190 valence electrons. The molecule has 0 saturated heterocycles. The van der Waals surface area contributed by atoms with E-state index in [1.54, 1.807) is 0 Å². The van der Waals surface area contributed by atoms with Gasteiger partial charge in [0.2, 0.25) is 0 Å². The van der Waals surface area contributed by atoms with Gasteiger partial charge >= 0.3 is 0 Å². The monoisotopic (exact) mass is 469 g/mol. The number of nitrogens with two attached hydrogens (primary N) is 1. The maximum Gasteiger partial charge on any atom is 0.122 e. The first-order valence-electron chi connectivity index (χ1n) is 12.9. The van der Waals surface area contributed by atoms with Gasteiger partial charge < -0.3 is 20.7 Å². The van der Waals surface area contributed by atoms with Gasteiger partial charge in [0.25, 0.3) is 0 Å². The van der Waals surface area contributed by atoms with Gasteiger partial charge in [0.15, 0.2) is 0 Å². The number of aliphatic hydroxyl groups is 2. The number of rotatable bonds is 13. The summed E-state index contributed by atoms with van der Waals surface area (Å²) in [7, 11) is 0. The Morgan fingerprint density at radius 2 is 1.53 bits per heavy atom. The summed E-state index contributed by atoms with van der Waals surface area (Å²) in [4.78, 5) is 0. The maximum atomic E-state index is 10.5. The van der Waals surface area contributed by atoms with Crippen LogP contribution < -0.4 is 10.5 Å². The van der Waals surface area contributed by atoms with Crippen LogP contribution in [0, 0.1) is 19.3 Å². The Hall–Kier alpha value is -1.88.